The van der Waals surface area contributed by atoms with Crippen LogP contribution in [0.3, 0.4) is 0 Å². The number of hydrogen-bond acceptors (Lipinski definition) is 7. The van der Waals surface area contributed by atoms with Crippen molar-refractivity contribution in [2.24, 2.45) is 23.1 Å². The number of nitrogens with zero attached hydrogens (tertiary/aromatic N) is 1. The van der Waals surface area contributed by atoms with Crippen LogP contribution in [0.25, 0.3) is 0 Å². The van der Waals surface area contributed by atoms with Gasteiger partial charge >= 0.3 is 5.97 Å². The van der Waals surface area contributed by atoms with E-state index in [1.165, 1.54) is 4.90 Å². The van der Waals surface area contributed by atoms with Gasteiger partial charge in [0.1, 0.15) is 18.1 Å². The van der Waals surface area contributed by atoms with E-state index in [0.29, 0.717) is 38.8 Å². The second kappa shape index (κ2) is 13.7. The quantitative estimate of drug-likeness (QED) is 0.162. The maximum atomic E-state index is 13.1. The second-order valence-electron chi connectivity index (χ2n) is 8.84. The molecule has 0 saturated carbocycles. The fourth-order valence-electron chi connectivity index (χ4n) is 3.80. The van der Waals surface area contributed by atoms with Gasteiger partial charge in [0.25, 0.3) is 0 Å². The molecule has 12 nitrogen and oxygen atoms in total. The smallest absolute Gasteiger partial charge is 0.326 e. The highest BCUT2D eigenvalue weighted by Gasteiger charge is 2.38. The molecule has 1 rings (SSSR count). The molecule has 4 amide bonds. The fraction of sp³-hybridized carbons (Fsp3) is 0.762. The molecule has 1 aliphatic rings. The zero-order valence-corrected chi connectivity index (χ0v) is 19.4. The van der Waals surface area contributed by atoms with Crippen molar-refractivity contribution in [3.8, 4) is 0 Å². The van der Waals surface area contributed by atoms with Gasteiger partial charge in [0.05, 0.1) is 12.5 Å². The van der Waals surface area contributed by atoms with Crippen molar-refractivity contribution in [2.45, 2.75) is 83.0 Å². The number of carboxylic acids is 1. The second-order valence-corrected chi connectivity index (χ2v) is 8.84. The van der Waals surface area contributed by atoms with Gasteiger partial charge in [-0.1, -0.05) is 13.8 Å². The number of aliphatic carboxylic acids is 1. The Morgan fingerprint density at radius 1 is 1.06 bits per heavy atom. The number of rotatable bonds is 14. The number of unbranched alkanes of at least 4 members (excludes halogenated alkanes) is 1. The van der Waals surface area contributed by atoms with Gasteiger partial charge in [0.15, 0.2) is 0 Å². The zero-order chi connectivity index (χ0) is 25.1. The molecule has 4 unspecified atom stereocenters. The minimum Gasteiger partial charge on any atom is -0.480 e. The highest BCUT2D eigenvalue weighted by atomic mass is 16.4. The molecule has 0 aliphatic carbocycles. The molecule has 188 valence electrons. The Balaban J connectivity index is 2.99. The van der Waals surface area contributed by atoms with Gasteiger partial charge in [-0.3, -0.25) is 19.2 Å². The molecular formula is C21H38N6O6. The molecule has 1 saturated heterocycles. The maximum Gasteiger partial charge on any atom is 0.326 e. The first-order valence-electron chi connectivity index (χ1n) is 11.4. The van der Waals surface area contributed by atoms with Crippen molar-refractivity contribution in [3.05, 3.63) is 0 Å². The van der Waals surface area contributed by atoms with Crippen LogP contribution in [0, 0.1) is 5.92 Å². The van der Waals surface area contributed by atoms with Crippen LogP contribution in [-0.2, 0) is 24.0 Å². The Labute approximate surface area is 194 Å². The molecule has 1 heterocycles. The first-order valence-corrected chi connectivity index (χ1v) is 11.4. The third kappa shape index (κ3) is 9.34. The van der Waals surface area contributed by atoms with E-state index in [9.17, 15) is 29.1 Å². The van der Waals surface area contributed by atoms with Crippen molar-refractivity contribution >= 4 is 29.6 Å². The molecule has 0 aromatic rings. The molecule has 9 N–H and O–H groups in total. The number of amides is 4. The van der Waals surface area contributed by atoms with Gasteiger partial charge in [-0.15, -0.1) is 0 Å². The van der Waals surface area contributed by atoms with Gasteiger partial charge in [-0.25, -0.2) is 4.79 Å². The van der Waals surface area contributed by atoms with E-state index in [1.54, 1.807) is 0 Å². The van der Waals surface area contributed by atoms with E-state index in [1.807, 2.05) is 13.8 Å². The summed E-state index contributed by atoms with van der Waals surface area (Å²) in [6, 6.07) is -4.07. The van der Waals surface area contributed by atoms with E-state index in [-0.39, 0.29) is 25.2 Å². The lowest BCUT2D eigenvalue weighted by molar-refractivity contribution is -0.149. The number of carbonyl (C=O) groups is 5. The van der Waals surface area contributed by atoms with Crippen molar-refractivity contribution in [2.75, 3.05) is 13.1 Å². The van der Waals surface area contributed by atoms with Crippen molar-refractivity contribution < 1.29 is 29.1 Å². The van der Waals surface area contributed by atoms with Gasteiger partial charge < -0.3 is 37.8 Å². The minimum atomic E-state index is -1.20. The molecule has 0 radical (unpaired) electrons. The summed E-state index contributed by atoms with van der Waals surface area (Å²) in [5.41, 5.74) is 16.3. The summed E-state index contributed by atoms with van der Waals surface area (Å²) in [6.07, 6.45) is 2.30. The number of carboxylic acid groups (broad SMARTS) is 1. The molecule has 1 fully saturated rings. The minimum absolute atomic E-state index is 0.0229. The summed E-state index contributed by atoms with van der Waals surface area (Å²) in [5.74, 6) is -3.56. The predicted molar refractivity (Wildman–Crippen MR) is 120 cm³/mol. The Bertz CT molecular complexity index is 715. The average molecular weight is 471 g/mol. The van der Waals surface area contributed by atoms with Crippen molar-refractivity contribution in [1.29, 1.82) is 0 Å². The van der Waals surface area contributed by atoms with Crippen molar-refractivity contribution in [1.82, 2.24) is 15.5 Å². The third-order valence-electron chi connectivity index (χ3n) is 5.48. The number of nitrogens with two attached hydrogens (primary N) is 3. The van der Waals surface area contributed by atoms with Crippen LogP contribution in [0.1, 0.15) is 58.8 Å². The van der Waals surface area contributed by atoms with Gasteiger partial charge in [-0.2, -0.15) is 0 Å². The summed E-state index contributed by atoms with van der Waals surface area (Å²) < 4.78 is 0. The van der Waals surface area contributed by atoms with Crippen molar-refractivity contribution in [3.63, 3.8) is 0 Å². The summed E-state index contributed by atoms with van der Waals surface area (Å²) in [6.45, 7) is 4.44. The number of likely N-dealkylation sites (tertiary alicyclic amines) is 1. The van der Waals surface area contributed by atoms with Gasteiger partial charge in [-0.05, 0) is 51.0 Å². The molecule has 1 aliphatic heterocycles. The maximum absolute atomic E-state index is 13.1. The SMILES string of the molecule is CC(C)CC(NC(=O)C(N)CC(N)=O)C(=O)NC(CCCCN)C(=O)N1CCCC1C(=O)O. The van der Waals surface area contributed by atoms with E-state index >= 15 is 0 Å². The lowest BCUT2D eigenvalue weighted by Gasteiger charge is -2.29. The van der Waals surface area contributed by atoms with E-state index < -0.39 is 53.8 Å². The number of hydrogen-bond donors (Lipinski definition) is 6. The zero-order valence-electron chi connectivity index (χ0n) is 19.4. The van der Waals surface area contributed by atoms with Crippen LogP contribution in [-0.4, -0.2) is 76.9 Å². The van der Waals surface area contributed by atoms with Gasteiger partial charge in [0, 0.05) is 6.54 Å². The lowest BCUT2D eigenvalue weighted by Crippen LogP contribution is -2.57. The summed E-state index contributed by atoms with van der Waals surface area (Å²) in [7, 11) is 0. The monoisotopic (exact) mass is 470 g/mol. The molecule has 4 atom stereocenters. The highest BCUT2D eigenvalue weighted by Crippen LogP contribution is 2.20. The first kappa shape index (κ1) is 28.3. The predicted octanol–water partition coefficient (Wildman–Crippen LogP) is -1.59. The normalized spacial score (nSPS) is 18.5. The molecule has 12 heteroatoms. The highest BCUT2D eigenvalue weighted by molar-refractivity contribution is 5.95. The Morgan fingerprint density at radius 3 is 2.24 bits per heavy atom. The van der Waals surface area contributed by atoms with Gasteiger partial charge in [0.2, 0.25) is 23.6 Å². The summed E-state index contributed by atoms with van der Waals surface area (Å²) in [4.78, 5) is 62.4. The third-order valence-corrected chi connectivity index (χ3v) is 5.48. The number of carbonyl (C=O) groups excluding carboxylic acids is 4. The van der Waals surface area contributed by atoms with E-state index in [4.69, 9.17) is 17.2 Å². The lowest BCUT2D eigenvalue weighted by atomic mass is 10.0. The van der Waals surface area contributed by atoms with Crippen LogP contribution in [0.2, 0.25) is 0 Å². The molecule has 33 heavy (non-hydrogen) atoms. The topological polar surface area (TPSA) is 211 Å². The molecular weight excluding hydrogens is 432 g/mol. The number of primary amides is 1. The van der Waals surface area contributed by atoms with Crippen LogP contribution in [0.4, 0.5) is 0 Å². The standard InChI is InChI=1S/C21H38N6O6/c1-12(2)10-15(26-18(29)13(23)11-17(24)28)19(30)25-14(6-3-4-8-22)20(31)27-9-5-7-16(27)21(32)33/h12-16H,3-11,22-23H2,1-2H3,(H2,24,28)(H,25,30)(H,26,29)(H,32,33). The largest absolute Gasteiger partial charge is 0.480 e. The summed E-state index contributed by atoms with van der Waals surface area (Å²) in [5, 5.41) is 14.7. The Hall–Kier alpha value is -2.73. The molecule has 0 aromatic carbocycles. The Kier molecular flexibility index (Phi) is 11.8. The Morgan fingerprint density at radius 2 is 1.70 bits per heavy atom. The fourth-order valence-corrected chi connectivity index (χ4v) is 3.80. The molecule has 0 aromatic heterocycles. The van der Waals surface area contributed by atoms with E-state index in [2.05, 4.69) is 10.6 Å². The average Bonchev–Trinajstić information content (AvgIpc) is 3.21. The van der Waals surface area contributed by atoms with Crippen LogP contribution in [0.15, 0.2) is 0 Å². The first-order chi connectivity index (χ1) is 15.5. The van der Waals surface area contributed by atoms with Crippen LogP contribution in [0.5, 0.6) is 0 Å². The van der Waals surface area contributed by atoms with Crippen LogP contribution < -0.4 is 27.8 Å². The van der Waals surface area contributed by atoms with E-state index in [0.717, 1.165) is 0 Å². The summed E-state index contributed by atoms with van der Waals surface area (Å²) >= 11 is 0. The molecule has 0 bridgehead atoms. The number of nitrogens with one attached hydrogen (secondary N) is 2. The molecule has 0 spiro atoms. The van der Waals surface area contributed by atoms with Crippen LogP contribution >= 0.6 is 0 Å².